The van der Waals surface area contributed by atoms with E-state index in [4.69, 9.17) is 0 Å². The van der Waals surface area contributed by atoms with Gasteiger partial charge in [0.15, 0.2) is 0 Å². The number of carbonyl (C=O) groups is 6. The Morgan fingerprint density at radius 3 is 2.51 bits per heavy atom. The van der Waals surface area contributed by atoms with Gasteiger partial charge in [-0.15, -0.1) is 0 Å². The number of urea groups is 1. The molecule has 16 heteroatoms. The van der Waals surface area contributed by atoms with E-state index < -0.39 is 23.8 Å². The molecule has 1 atom stereocenters. The number of benzene rings is 2. The van der Waals surface area contributed by atoms with Crippen LogP contribution in [0.15, 0.2) is 73.1 Å². The number of rotatable bonds is 8. The Bertz CT molecular complexity index is 2310. The van der Waals surface area contributed by atoms with E-state index in [2.05, 4.69) is 31.3 Å². The summed E-state index contributed by atoms with van der Waals surface area (Å²) in [5, 5.41) is 18.1. The Labute approximate surface area is 289 Å². The first-order chi connectivity index (χ1) is 24.6. The van der Waals surface area contributed by atoms with Gasteiger partial charge in [0.2, 0.25) is 5.91 Å². The lowest BCUT2D eigenvalue weighted by molar-refractivity contribution is -0.122. The van der Waals surface area contributed by atoms with Crippen LogP contribution in [0.4, 0.5) is 16.2 Å². The molecule has 0 spiro atoms. The molecule has 256 valence electrons. The van der Waals surface area contributed by atoms with E-state index in [0.717, 1.165) is 32.2 Å². The van der Waals surface area contributed by atoms with Crippen LogP contribution >= 0.6 is 0 Å². The van der Waals surface area contributed by atoms with E-state index in [9.17, 15) is 28.8 Å². The molecule has 1 fully saturated rings. The van der Waals surface area contributed by atoms with Crippen LogP contribution < -0.4 is 21.3 Å². The molecule has 0 unspecified atom stereocenters. The fourth-order valence-electron chi connectivity index (χ4n) is 6.45. The zero-order chi connectivity index (χ0) is 35.4. The Kier molecular flexibility index (Phi) is 7.54. The molecule has 3 aromatic heterocycles. The van der Waals surface area contributed by atoms with Gasteiger partial charge in [0, 0.05) is 36.8 Å². The van der Waals surface area contributed by atoms with Gasteiger partial charge in [0.1, 0.15) is 17.0 Å². The summed E-state index contributed by atoms with van der Waals surface area (Å²) in [6, 6.07) is 17.0. The van der Waals surface area contributed by atoms with Crippen molar-refractivity contribution < 1.29 is 28.8 Å². The Morgan fingerprint density at radius 2 is 1.71 bits per heavy atom. The molecule has 0 radical (unpaired) electrons. The zero-order valence-electron chi connectivity index (χ0n) is 27.2. The molecule has 6 heterocycles. The van der Waals surface area contributed by atoms with Crippen molar-refractivity contribution in [2.75, 3.05) is 23.7 Å². The number of fused-ring (bicyclic) bond motifs is 4. The fourth-order valence-corrected chi connectivity index (χ4v) is 6.45. The van der Waals surface area contributed by atoms with E-state index in [-0.39, 0.29) is 47.6 Å². The molecular formula is C35H30N10O6. The van der Waals surface area contributed by atoms with Crippen LogP contribution in [0.25, 0.3) is 11.0 Å². The number of hydrogen-bond donors (Lipinski definition) is 4. The third-order valence-corrected chi connectivity index (χ3v) is 9.04. The lowest BCUT2D eigenvalue weighted by Crippen LogP contribution is -2.58. The number of aromatic nitrogens is 4. The van der Waals surface area contributed by atoms with Crippen LogP contribution in [-0.2, 0) is 17.9 Å². The van der Waals surface area contributed by atoms with Gasteiger partial charge in [-0.2, -0.15) is 10.1 Å². The molecule has 2 aromatic carbocycles. The summed E-state index contributed by atoms with van der Waals surface area (Å²) in [6.07, 6.45) is 3.28. The highest BCUT2D eigenvalue weighted by Gasteiger charge is 2.43. The monoisotopic (exact) mass is 686 g/mol. The molecule has 5 aromatic rings. The van der Waals surface area contributed by atoms with Crippen molar-refractivity contribution in [3.63, 3.8) is 0 Å². The van der Waals surface area contributed by atoms with Gasteiger partial charge < -0.3 is 20.5 Å². The summed E-state index contributed by atoms with van der Waals surface area (Å²) in [7, 11) is 0. The van der Waals surface area contributed by atoms with Crippen LogP contribution in [0.1, 0.15) is 72.2 Å². The second-order valence-corrected chi connectivity index (χ2v) is 12.5. The number of nitrogens with zero attached hydrogens (tertiary/aromatic N) is 6. The second-order valence-electron chi connectivity index (χ2n) is 12.5. The lowest BCUT2D eigenvalue weighted by Gasteiger charge is -2.32. The van der Waals surface area contributed by atoms with Crippen molar-refractivity contribution in [3.8, 4) is 0 Å². The number of amides is 7. The van der Waals surface area contributed by atoms with Crippen molar-refractivity contribution in [2.45, 2.75) is 32.5 Å². The predicted octanol–water partition coefficient (Wildman–Crippen LogP) is 2.90. The highest BCUT2D eigenvalue weighted by atomic mass is 16.2. The number of hydrazine groups is 1. The van der Waals surface area contributed by atoms with E-state index in [1.165, 1.54) is 0 Å². The molecular weight excluding hydrogens is 656 g/mol. The summed E-state index contributed by atoms with van der Waals surface area (Å²) in [6.45, 7) is 3.24. The average molecular weight is 687 g/mol. The molecule has 0 saturated carbocycles. The van der Waals surface area contributed by atoms with Crippen LogP contribution in [0.2, 0.25) is 0 Å². The van der Waals surface area contributed by atoms with Crippen molar-refractivity contribution in [1.29, 1.82) is 0 Å². The number of pyridine rings is 1. The topological polar surface area (TPSA) is 193 Å². The third-order valence-electron chi connectivity index (χ3n) is 9.04. The average Bonchev–Trinajstić information content (AvgIpc) is 3.80. The molecule has 8 rings (SSSR count). The third kappa shape index (κ3) is 5.71. The molecule has 51 heavy (non-hydrogen) atoms. The molecule has 7 amide bonds. The van der Waals surface area contributed by atoms with Gasteiger partial charge in [-0.25, -0.2) is 14.8 Å². The summed E-state index contributed by atoms with van der Waals surface area (Å²) in [5.41, 5.74) is 4.79. The van der Waals surface area contributed by atoms with Gasteiger partial charge in [-0.1, -0.05) is 18.2 Å². The van der Waals surface area contributed by atoms with Crippen molar-refractivity contribution >= 4 is 58.0 Å². The first-order valence-corrected chi connectivity index (χ1v) is 16.2. The van der Waals surface area contributed by atoms with Crippen molar-refractivity contribution in [2.24, 2.45) is 0 Å². The molecule has 16 nitrogen and oxygen atoms in total. The summed E-state index contributed by atoms with van der Waals surface area (Å²) < 4.78 is 3.57. The number of carbonyl (C=O) groups excluding carboxylic acids is 6. The van der Waals surface area contributed by atoms with Gasteiger partial charge in [0.05, 0.1) is 42.1 Å². The normalized spacial score (nSPS) is 17.0. The molecule has 4 N–H and O–H groups in total. The highest BCUT2D eigenvalue weighted by Crippen LogP contribution is 2.28. The van der Waals surface area contributed by atoms with Gasteiger partial charge in [0.25, 0.3) is 23.6 Å². The largest absolute Gasteiger partial charge is 0.381 e. The zero-order valence-corrected chi connectivity index (χ0v) is 27.2. The minimum Gasteiger partial charge on any atom is -0.381 e. The van der Waals surface area contributed by atoms with Crippen LogP contribution in [0, 0.1) is 0 Å². The van der Waals surface area contributed by atoms with Crippen LogP contribution in [0.5, 0.6) is 0 Å². The maximum Gasteiger partial charge on any atom is 0.343 e. The fraction of sp³-hybridized carbons (Fsp3) is 0.200. The summed E-state index contributed by atoms with van der Waals surface area (Å²) in [4.78, 5) is 79.8. The molecule has 0 aliphatic carbocycles. The Hall–Kier alpha value is -6.84. The highest BCUT2D eigenvalue weighted by molar-refractivity contribution is 6.22. The number of anilines is 2. The maximum absolute atomic E-state index is 13.1. The number of imide groups is 2. The summed E-state index contributed by atoms with van der Waals surface area (Å²) in [5.74, 6) is -2.24. The quantitative estimate of drug-likeness (QED) is 0.178. The number of nitrogens with one attached hydrogen (secondary N) is 4. The van der Waals surface area contributed by atoms with Crippen molar-refractivity contribution in [1.82, 2.24) is 40.0 Å². The molecule has 1 saturated heterocycles. The van der Waals surface area contributed by atoms with E-state index in [1.807, 2.05) is 35.8 Å². The standard InChI is InChI=1S/C35H30N10O6/c1-19-14-37-32(48)28-13-22-5-9-27(40-30(22)44(19)28)31(47)39-24-16-38-42(18-24)17-20-2-6-23(7-3-20)36-15-21-4-8-25-26(12-21)34(50)45(33(25)49)43-11-10-29(46)41-35(43)51/h2-9,12-13,16,18-19,36H,10-11,14-15,17H2,1H3,(H,37,48)(H,39,47)(H,41,46,51)/t19-/m1/s1. The molecule has 3 aliphatic rings. The molecule has 3 aliphatic heterocycles. The first kappa shape index (κ1) is 31.4. The number of hydrogen-bond acceptors (Lipinski definition) is 9. The van der Waals surface area contributed by atoms with E-state index in [1.54, 1.807) is 53.5 Å². The van der Waals surface area contributed by atoms with Gasteiger partial charge in [-0.05, 0) is 60.5 Å². The summed E-state index contributed by atoms with van der Waals surface area (Å²) >= 11 is 0. The van der Waals surface area contributed by atoms with Crippen LogP contribution in [0.3, 0.4) is 0 Å². The lowest BCUT2D eigenvalue weighted by atomic mass is 10.1. The Balaban J connectivity index is 0.872. The van der Waals surface area contributed by atoms with Gasteiger partial charge >= 0.3 is 6.03 Å². The predicted molar refractivity (Wildman–Crippen MR) is 182 cm³/mol. The Morgan fingerprint density at radius 1 is 0.922 bits per heavy atom. The molecule has 0 bridgehead atoms. The van der Waals surface area contributed by atoms with Crippen LogP contribution in [-0.4, -0.2) is 78.0 Å². The minimum atomic E-state index is -0.808. The van der Waals surface area contributed by atoms with E-state index in [0.29, 0.717) is 36.7 Å². The second kappa shape index (κ2) is 12.2. The SMILES string of the molecule is C[C@@H]1CNC(=O)c2cc3ccc(C(=O)Nc4cnn(Cc5ccc(NCc6ccc7c(c6)C(=O)N(N6CCC(=O)NC6=O)C7=O)cc5)c4)nc3n21. The minimum absolute atomic E-state index is 0.00841. The van der Waals surface area contributed by atoms with E-state index >= 15 is 0 Å². The van der Waals surface area contributed by atoms with Crippen molar-refractivity contribution in [3.05, 3.63) is 107 Å². The maximum atomic E-state index is 13.1. The first-order valence-electron chi connectivity index (χ1n) is 16.2. The van der Waals surface area contributed by atoms with Gasteiger partial charge in [-0.3, -0.25) is 34.0 Å². The smallest absolute Gasteiger partial charge is 0.343 e.